The second-order valence-electron chi connectivity index (χ2n) is 5.08. The van der Waals surface area contributed by atoms with Gasteiger partial charge in [0.15, 0.2) is 0 Å². The van der Waals surface area contributed by atoms with Crippen LogP contribution in [0.3, 0.4) is 0 Å². The molecule has 2 rings (SSSR count). The Hall–Kier alpha value is -1.02. The summed E-state index contributed by atoms with van der Waals surface area (Å²) >= 11 is 0. The van der Waals surface area contributed by atoms with Crippen LogP contribution in [0.4, 0.5) is 5.69 Å². The normalized spacial score (nSPS) is 22.9. The molecule has 0 radical (unpaired) electrons. The minimum atomic E-state index is 0.527. The molecule has 1 heterocycles. The van der Waals surface area contributed by atoms with Gasteiger partial charge in [0.1, 0.15) is 0 Å². The van der Waals surface area contributed by atoms with Crippen molar-refractivity contribution >= 4 is 5.69 Å². The van der Waals surface area contributed by atoms with Gasteiger partial charge in [-0.05, 0) is 37.9 Å². The largest absolute Gasteiger partial charge is 0.382 e. The van der Waals surface area contributed by atoms with Crippen LogP contribution in [0.2, 0.25) is 0 Å². The fraction of sp³-hybridized carbons (Fsp3) is 0.600. The molecule has 0 unspecified atom stereocenters. The lowest BCUT2D eigenvalue weighted by atomic mass is 9.93. The predicted molar refractivity (Wildman–Crippen MR) is 74.4 cm³/mol. The van der Waals surface area contributed by atoms with E-state index in [1.807, 2.05) is 0 Å². The molecule has 94 valence electrons. The Balaban J connectivity index is 1.97. The molecule has 0 aromatic heterocycles. The zero-order chi connectivity index (χ0) is 12.1. The summed E-state index contributed by atoms with van der Waals surface area (Å²) in [7, 11) is 0. The first-order chi connectivity index (χ1) is 8.31. The molecule has 0 fully saturated rings. The first-order valence-corrected chi connectivity index (χ1v) is 6.90. The van der Waals surface area contributed by atoms with Crippen LogP contribution in [0.5, 0.6) is 0 Å². The average molecular weight is 232 g/mol. The van der Waals surface area contributed by atoms with E-state index < -0.39 is 0 Å². The Morgan fingerprint density at radius 3 is 2.94 bits per heavy atom. The molecule has 1 aromatic carbocycles. The van der Waals surface area contributed by atoms with Crippen LogP contribution in [0.15, 0.2) is 24.3 Å². The number of anilines is 1. The first kappa shape index (κ1) is 12.4. The highest BCUT2D eigenvalue weighted by Crippen LogP contribution is 2.32. The van der Waals surface area contributed by atoms with E-state index in [1.165, 1.54) is 36.9 Å². The summed E-state index contributed by atoms with van der Waals surface area (Å²) in [6.45, 7) is 5.65. The molecular weight excluding hydrogens is 208 g/mol. The third-order valence-corrected chi connectivity index (χ3v) is 3.50. The molecular formula is C15H24N2. The third kappa shape index (κ3) is 3.22. The van der Waals surface area contributed by atoms with Crippen LogP contribution in [0.25, 0.3) is 0 Å². The molecule has 0 amide bonds. The second kappa shape index (κ2) is 6.06. The van der Waals surface area contributed by atoms with Crippen molar-refractivity contribution in [2.45, 2.75) is 51.6 Å². The number of hydrogen-bond donors (Lipinski definition) is 2. The van der Waals surface area contributed by atoms with Crippen LogP contribution < -0.4 is 10.6 Å². The monoisotopic (exact) mass is 232 g/mol. The fourth-order valence-corrected chi connectivity index (χ4v) is 2.58. The van der Waals surface area contributed by atoms with Crippen LogP contribution in [-0.4, -0.2) is 12.6 Å². The summed E-state index contributed by atoms with van der Waals surface area (Å²) in [5, 5.41) is 7.25. The zero-order valence-electron chi connectivity index (χ0n) is 11.0. The molecule has 2 heteroatoms. The van der Waals surface area contributed by atoms with Crippen molar-refractivity contribution < 1.29 is 0 Å². The van der Waals surface area contributed by atoms with Gasteiger partial charge in [0.2, 0.25) is 0 Å². The van der Waals surface area contributed by atoms with E-state index in [2.05, 4.69) is 48.7 Å². The van der Waals surface area contributed by atoms with Gasteiger partial charge in [-0.15, -0.1) is 0 Å². The predicted octanol–water partition coefficient (Wildman–Crippen LogP) is 3.71. The third-order valence-electron chi connectivity index (χ3n) is 3.50. The molecule has 2 N–H and O–H groups in total. The highest BCUT2D eigenvalue weighted by atomic mass is 15.0. The molecule has 17 heavy (non-hydrogen) atoms. The molecule has 2 atom stereocenters. The molecule has 0 saturated heterocycles. The van der Waals surface area contributed by atoms with Gasteiger partial charge in [0, 0.05) is 17.8 Å². The van der Waals surface area contributed by atoms with Crippen molar-refractivity contribution in [2.75, 3.05) is 11.9 Å². The molecule has 0 saturated carbocycles. The topological polar surface area (TPSA) is 24.1 Å². The highest BCUT2D eigenvalue weighted by Gasteiger charge is 2.22. The van der Waals surface area contributed by atoms with Crippen molar-refractivity contribution in [2.24, 2.45) is 0 Å². The van der Waals surface area contributed by atoms with Crippen molar-refractivity contribution in [3.8, 4) is 0 Å². The van der Waals surface area contributed by atoms with Gasteiger partial charge >= 0.3 is 0 Å². The zero-order valence-corrected chi connectivity index (χ0v) is 11.0. The van der Waals surface area contributed by atoms with Crippen LogP contribution in [0, 0.1) is 0 Å². The Morgan fingerprint density at radius 1 is 1.29 bits per heavy atom. The first-order valence-electron chi connectivity index (χ1n) is 6.90. The van der Waals surface area contributed by atoms with Gasteiger partial charge in [0.05, 0.1) is 0 Å². The molecule has 1 aliphatic rings. The van der Waals surface area contributed by atoms with Crippen LogP contribution in [0.1, 0.15) is 51.1 Å². The summed E-state index contributed by atoms with van der Waals surface area (Å²) in [5.74, 6) is 0. The van der Waals surface area contributed by atoms with Gasteiger partial charge in [-0.25, -0.2) is 0 Å². The Bertz CT molecular complexity index is 349. The number of para-hydroxylation sites is 1. The summed E-state index contributed by atoms with van der Waals surface area (Å²) in [6, 6.07) is 9.76. The Morgan fingerprint density at radius 2 is 2.12 bits per heavy atom. The standard InChI is InChI=1S/C15H24N2/c1-3-4-7-10-16-15-11-12(2)17-14-9-6-5-8-13(14)15/h5-6,8-9,12,15-17H,3-4,7,10-11H2,1-2H3/t12-,15-/m1/s1. The maximum Gasteiger partial charge on any atom is 0.0390 e. The van der Waals surface area contributed by atoms with Crippen molar-refractivity contribution in [1.82, 2.24) is 5.32 Å². The lowest BCUT2D eigenvalue weighted by molar-refractivity contribution is 0.453. The number of nitrogens with one attached hydrogen (secondary N) is 2. The van der Waals surface area contributed by atoms with Crippen molar-refractivity contribution in [3.63, 3.8) is 0 Å². The molecule has 2 nitrogen and oxygen atoms in total. The van der Waals surface area contributed by atoms with Crippen molar-refractivity contribution in [3.05, 3.63) is 29.8 Å². The summed E-state index contributed by atoms with van der Waals surface area (Å²) in [5.41, 5.74) is 2.74. The van der Waals surface area contributed by atoms with Gasteiger partial charge in [-0.1, -0.05) is 38.0 Å². The number of hydrogen-bond acceptors (Lipinski definition) is 2. The van der Waals surface area contributed by atoms with E-state index in [0.717, 1.165) is 6.54 Å². The minimum Gasteiger partial charge on any atom is -0.382 e. The van der Waals surface area contributed by atoms with Crippen LogP contribution >= 0.6 is 0 Å². The summed E-state index contributed by atoms with van der Waals surface area (Å²) < 4.78 is 0. The van der Waals surface area contributed by atoms with E-state index in [1.54, 1.807) is 0 Å². The van der Waals surface area contributed by atoms with Gasteiger partial charge in [-0.3, -0.25) is 0 Å². The Kier molecular flexibility index (Phi) is 4.43. The van der Waals surface area contributed by atoms with Crippen molar-refractivity contribution in [1.29, 1.82) is 0 Å². The van der Waals surface area contributed by atoms with Gasteiger partial charge < -0.3 is 10.6 Å². The van der Waals surface area contributed by atoms with Gasteiger partial charge in [-0.2, -0.15) is 0 Å². The van der Waals surface area contributed by atoms with E-state index in [9.17, 15) is 0 Å². The van der Waals surface area contributed by atoms with E-state index in [0.29, 0.717) is 12.1 Å². The second-order valence-corrected chi connectivity index (χ2v) is 5.08. The Labute approximate surface area is 105 Å². The highest BCUT2D eigenvalue weighted by molar-refractivity contribution is 5.55. The number of rotatable bonds is 5. The van der Waals surface area contributed by atoms with E-state index >= 15 is 0 Å². The molecule has 0 bridgehead atoms. The number of benzene rings is 1. The lowest BCUT2D eigenvalue weighted by Gasteiger charge is -2.32. The summed E-state index contributed by atoms with van der Waals surface area (Å²) in [6.07, 6.45) is 5.09. The quantitative estimate of drug-likeness (QED) is 0.756. The molecule has 0 aliphatic carbocycles. The SMILES string of the molecule is CCCCCN[C@@H]1C[C@@H](C)Nc2ccccc21. The van der Waals surface area contributed by atoms with Gasteiger partial charge in [0.25, 0.3) is 0 Å². The van der Waals surface area contributed by atoms with E-state index in [4.69, 9.17) is 0 Å². The number of unbranched alkanes of at least 4 members (excludes halogenated alkanes) is 2. The maximum atomic E-state index is 3.70. The average Bonchev–Trinajstić information content (AvgIpc) is 2.34. The smallest absolute Gasteiger partial charge is 0.0390 e. The van der Waals surface area contributed by atoms with E-state index in [-0.39, 0.29) is 0 Å². The fourth-order valence-electron chi connectivity index (χ4n) is 2.58. The molecule has 1 aromatic rings. The number of fused-ring (bicyclic) bond motifs is 1. The molecule has 0 spiro atoms. The maximum absolute atomic E-state index is 3.70. The lowest BCUT2D eigenvalue weighted by Crippen LogP contribution is -2.33. The minimum absolute atomic E-state index is 0.527. The molecule has 1 aliphatic heterocycles. The van der Waals surface area contributed by atoms with Crippen LogP contribution in [-0.2, 0) is 0 Å². The summed E-state index contributed by atoms with van der Waals surface area (Å²) in [4.78, 5) is 0.